The summed E-state index contributed by atoms with van der Waals surface area (Å²) in [5.41, 5.74) is 5.87. The van der Waals surface area contributed by atoms with Crippen LogP contribution in [0.1, 0.15) is 42.8 Å². The van der Waals surface area contributed by atoms with Gasteiger partial charge in [-0.15, -0.1) is 0 Å². The molecule has 0 spiro atoms. The summed E-state index contributed by atoms with van der Waals surface area (Å²) in [6.07, 6.45) is 2.36. The van der Waals surface area contributed by atoms with Gasteiger partial charge in [0.15, 0.2) is 5.13 Å². The second-order valence-electron chi connectivity index (χ2n) is 5.53. The van der Waals surface area contributed by atoms with Crippen LogP contribution in [0.15, 0.2) is 0 Å². The highest BCUT2D eigenvalue weighted by Gasteiger charge is 2.28. The van der Waals surface area contributed by atoms with E-state index in [1.165, 1.54) is 11.3 Å². The zero-order valence-electron chi connectivity index (χ0n) is 12.6. The maximum absolute atomic E-state index is 12.5. The number of thiazole rings is 1. The number of aromatic nitrogens is 1. The Morgan fingerprint density at radius 2 is 2.24 bits per heavy atom. The zero-order chi connectivity index (χ0) is 15.4. The van der Waals surface area contributed by atoms with E-state index in [1.54, 1.807) is 0 Å². The molecule has 6 nitrogen and oxygen atoms in total. The fourth-order valence-electron chi connectivity index (χ4n) is 2.52. The van der Waals surface area contributed by atoms with Crippen LogP contribution in [0, 0.1) is 5.92 Å². The molecule has 0 saturated carbocycles. The van der Waals surface area contributed by atoms with Crippen LogP contribution >= 0.6 is 11.3 Å². The van der Waals surface area contributed by atoms with Gasteiger partial charge < -0.3 is 21.1 Å². The third-order valence-electron chi connectivity index (χ3n) is 3.88. The van der Waals surface area contributed by atoms with Crippen molar-refractivity contribution in [1.82, 2.24) is 9.88 Å². The van der Waals surface area contributed by atoms with Crippen molar-refractivity contribution in [2.75, 3.05) is 30.7 Å². The number of likely N-dealkylation sites (tertiary alicyclic amines) is 1. The van der Waals surface area contributed by atoms with Crippen LogP contribution in [0.25, 0.3) is 0 Å². The Kier molecular flexibility index (Phi) is 5.41. The molecule has 21 heavy (non-hydrogen) atoms. The average molecular weight is 312 g/mol. The summed E-state index contributed by atoms with van der Waals surface area (Å²) in [7, 11) is 0. The molecule has 1 aliphatic heterocycles. The molecule has 1 aromatic heterocycles. The second-order valence-corrected chi connectivity index (χ2v) is 6.53. The third kappa shape index (κ3) is 3.85. The van der Waals surface area contributed by atoms with Crippen molar-refractivity contribution in [3.05, 3.63) is 4.88 Å². The molecule has 1 saturated heterocycles. The number of hydrogen-bond acceptors (Lipinski definition) is 6. The lowest BCUT2D eigenvalue weighted by Crippen LogP contribution is -2.40. The Bertz CT molecular complexity index is 481. The van der Waals surface area contributed by atoms with Gasteiger partial charge in [0.2, 0.25) is 0 Å². The van der Waals surface area contributed by atoms with E-state index >= 15 is 0 Å². The van der Waals surface area contributed by atoms with Gasteiger partial charge in [-0.3, -0.25) is 4.79 Å². The van der Waals surface area contributed by atoms with E-state index in [4.69, 9.17) is 5.73 Å². The van der Waals surface area contributed by atoms with Gasteiger partial charge in [-0.25, -0.2) is 4.98 Å². The minimum atomic E-state index is -0.305. The summed E-state index contributed by atoms with van der Waals surface area (Å²) in [6.45, 7) is 6.05. The highest BCUT2D eigenvalue weighted by atomic mass is 32.1. The first-order valence-corrected chi connectivity index (χ1v) is 8.32. The molecule has 1 atom stereocenters. The number of hydrogen-bond donors (Lipinski definition) is 3. The van der Waals surface area contributed by atoms with Crippen LogP contribution in [-0.4, -0.2) is 46.6 Å². The first-order valence-electron chi connectivity index (χ1n) is 7.50. The Hall–Kier alpha value is -1.34. The van der Waals surface area contributed by atoms with Crippen LogP contribution in [0.4, 0.5) is 10.9 Å². The SMILES string of the molecule is CCCNc1nc(N)c(C(=O)N2CCC(C(C)O)CC2)s1. The number of aliphatic hydroxyl groups excluding tert-OH is 1. The Labute approximate surface area is 129 Å². The normalized spacial score (nSPS) is 17.8. The van der Waals surface area contributed by atoms with Crippen molar-refractivity contribution in [2.45, 2.75) is 39.2 Å². The van der Waals surface area contributed by atoms with Gasteiger partial charge in [-0.1, -0.05) is 18.3 Å². The summed E-state index contributed by atoms with van der Waals surface area (Å²) in [6, 6.07) is 0. The van der Waals surface area contributed by atoms with E-state index in [1.807, 2.05) is 11.8 Å². The minimum absolute atomic E-state index is 0.0430. The third-order valence-corrected chi connectivity index (χ3v) is 4.90. The standard InChI is InChI=1S/C14H24N4O2S/c1-3-6-16-14-17-12(15)11(21-14)13(20)18-7-4-10(5-8-18)9(2)19/h9-10,19H,3-8,15H2,1-2H3,(H,16,17). The topological polar surface area (TPSA) is 91.5 Å². The molecule has 118 valence electrons. The Balaban J connectivity index is 1.99. The number of amides is 1. The first kappa shape index (κ1) is 16.0. The maximum Gasteiger partial charge on any atom is 0.267 e. The van der Waals surface area contributed by atoms with E-state index in [9.17, 15) is 9.90 Å². The van der Waals surface area contributed by atoms with Crippen LogP contribution in [0.2, 0.25) is 0 Å². The molecule has 1 unspecified atom stereocenters. The summed E-state index contributed by atoms with van der Waals surface area (Å²) in [5, 5.41) is 13.5. The number of carbonyl (C=O) groups excluding carboxylic acids is 1. The van der Waals surface area contributed by atoms with Gasteiger partial charge >= 0.3 is 0 Å². The monoisotopic (exact) mass is 312 g/mol. The average Bonchev–Trinajstić information content (AvgIpc) is 2.85. The molecule has 0 aromatic carbocycles. The first-order chi connectivity index (χ1) is 10.0. The zero-order valence-corrected chi connectivity index (χ0v) is 13.4. The Morgan fingerprint density at radius 3 is 2.81 bits per heavy atom. The molecule has 2 rings (SSSR count). The molecule has 1 aliphatic rings. The number of rotatable bonds is 5. The van der Waals surface area contributed by atoms with E-state index in [2.05, 4.69) is 17.2 Å². The lowest BCUT2D eigenvalue weighted by atomic mass is 9.92. The van der Waals surface area contributed by atoms with Gasteiger partial charge in [0.25, 0.3) is 5.91 Å². The van der Waals surface area contributed by atoms with Crippen LogP contribution < -0.4 is 11.1 Å². The molecule has 7 heteroatoms. The lowest BCUT2D eigenvalue weighted by molar-refractivity contribution is 0.0525. The highest BCUT2D eigenvalue weighted by molar-refractivity contribution is 7.18. The maximum atomic E-state index is 12.5. The number of piperidine rings is 1. The fourth-order valence-corrected chi connectivity index (χ4v) is 3.40. The number of aliphatic hydroxyl groups is 1. The number of nitrogens with two attached hydrogens (primary N) is 1. The van der Waals surface area contributed by atoms with Crippen molar-refractivity contribution in [2.24, 2.45) is 5.92 Å². The quantitative estimate of drug-likeness (QED) is 0.771. The van der Waals surface area contributed by atoms with Crippen molar-refractivity contribution in [3.63, 3.8) is 0 Å². The van der Waals surface area contributed by atoms with Gasteiger partial charge in [-0.2, -0.15) is 0 Å². The molecular weight excluding hydrogens is 288 g/mol. The summed E-state index contributed by atoms with van der Waals surface area (Å²) in [4.78, 5) is 19.0. The van der Waals surface area contributed by atoms with E-state index < -0.39 is 0 Å². The van der Waals surface area contributed by atoms with Gasteiger partial charge in [0.05, 0.1) is 6.10 Å². The van der Waals surface area contributed by atoms with Gasteiger partial charge in [0, 0.05) is 19.6 Å². The van der Waals surface area contributed by atoms with E-state index in [0.717, 1.165) is 25.8 Å². The second kappa shape index (κ2) is 7.09. The molecule has 0 aliphatic carbocycles. The fraction of sp³-hybridized carbons (Fsp3) is 0.714. The number of carbonyl (C=O) groups is 1. The predicted octanol–water partition coefficient (Wildman–Crippen LogP) is 1.78. The number of nitrogens with zero attached hydrogens (tertiary/aromatic N) is 2. The van der Waals surface area contributed by atoms with Crippen LogP contribution in [-0.2, 0) is 0 Å². The van der Waals surface area contributed by atoms with Crippen molar-refractivity contribution >= 4 is 28.2 Å². The van der Waals surface area contributed by atoms with Crippen LogP contribution in [0.5, 0.6) is 0 Å². The van der Waals surface area contributed by atoms with Crippen LogP contribution in [0.3, 0.4) is 0 Å². The highest BCUT2D eigenvalue weighted by Crippen LogP contribution is 2.28. The number of nitrogen functional groups attached to an aromatic ring is 1. The Morgan fingerprint density at radius 1 is 1.57 bits per heavy atom. The largest absolute Gasteiger partial charge is 0.393 e. The summed E-state index contributed by atoms with van der Waals surface area (Å²) in [5.74, 6) is 0.550. The lowest BCUT2D eigenvalue weighted by Gasteiger charge is -2.33. The molecule has 0 radical (unpaired) electrons. The summed E-state index contributed by atoms with van der Waals surface area (Å²) >= 11 is 1.32. The van der Waals surface area contributed by atoms with Crippen molar-refractivity contribution in [1.29, 1.82) is 0 Å². The molecular formula is C14H24N4O2S. The molecule has 1 fully saturated rings. The summed E-state index contributed by atoms with van der Waals surface area (Å²) < 4.78 is 0. The van der Waals surface area contributed by atoms with Gasteiger partial charge in [-0.05, 0) is 32.1 Å². The molecule has 1 aromatic rings. The van der Waals surface area contributed by atoms with E-state index in [0.29, 0.717) is 28.9 Å². The molecule has 0 bridgehead atoms. The van der Waals surface area contributed by atoms with Gasteiger partial charge in [0.1, 0.15) is 10.7 Å². The number of anilines is 2. The molecule has 4 N–H and O–H groups in total. The van der Waals surface area contributed by atoms with Crippen molar-refractivity contribution < 1.29 is 9.90 Å². The molecule has 2 heterocycles. The molecule has 1 amide bonds. The van der Waals surface area contributed by atoms with Crippen molar-refractivity contribution in [3.8, 4) is 0 Å². The number of nitrogens with one attached hydrogen (secondary N) is 1. The predicted molar refractivity (Wildman–Crippen MR) is 85.6 cm³/mol. The smallest absolute Gasteiger partial charge is 0.267 e. The minimum Gasteiger partial charge on any atom is -0.393 e. The van der Waals surface area contributed by atoms with E-state index in [-0.39, 0.29) is 17.9 Å².